The lowest BCUT2D eigenvalue weighted by atomic mass is 9.85. The molecule has 47 heavy (non-hydrogen) atoms. The Kier molecular flexibility index (Phi) is 15.5. The number of para-hydroxylation sites is 1. The smallest absolute Gasteiger partial charge is 0.356 e. The van der Waals surface area contributed by atoms with Crippen LogP contribution in [0.3, 0.4) is 0 Å². The highest BCUT2D eigenvalue weighted by Gasteiger charge is 2.63. The molecule has 0 aromatic heterocycles. The first kappa shape index (κ1) is 37.4. The molecule has 8 heteroatoms. The van der Waals surface area contributed by atoms with Crippen molar-refractivity contribution in [3.8, 4) is 5.75 Å². The van der Waals surface area contributed by atoms with E-state index in [-0.39, 0.29) is 18.4 Å². The molecule has 8 nitrogen and oxygen atoms in total. The summed E-state index contributed by atoms with van der Waals surface area (Å²) in [6.07, 6.45) is 18.6. The van der Waals surface area contributed by atoms with Gasteiger partial charge in [-0.15, -0.1) is 5.73 Å². The average molecular weight is 655 g/mol. The number of benzene rings is 1. The SMILES string of the molecule is CC/C=C/[C@H]1CC[C@H](O)[C@@H]1CC=C=CC([16O]C1CCCCO1)([16O]C1CCCCO1)C(CCCCCC)(Oc1ccccc1)C(=O)OC. The number of rotatable bonds is 18. The number of hydrogen-bond acceptors (Lipinski definition) is 8. The summed E-state index contributed by atoms with van der Waals surface area (Å²) in [5, 5.41) is 10.8. The second-order valence-electron chi connectivity index (χ2n) is 13.1. The van der Waals surface area contributed by atoms with Crippen LogP contribution in [0.4, 0.5) is 0 Å². The van der Waals surface area contributed by atoms with E-state index in [1.165, 1.54) is 7.11 Å². The van der Waals surface area contributed by atoms with E-state index in [9.17, 15) is 9.90 Å². The van der Waals surface area contributed by atoms with Crippen LogP contribution in [-0.2, 0) is 28.5 Å². The Morgan fingerprint density at radius 3 is 2.26 bits per heavy atom. The minimum atomic E-state index is -1.81. The molecular formula is C39H58O8. The minimum absolute atomic E-state index is 0.0817. The summed E-state index contributed by atoms with van der Waals surface area (Å²) < 4.78 is 38.5. The van der Waals surface area contributed by atoms with Crippen molar-refractivity contribution in [1.82, 2.24) is 0 Å². The van der Waals surface area contributed by atoms with Crippen molar-refractivity contribution >= 4 is 5.97 Å². The maximum atomic E-state index is 14.4. The Labute approximate surface area is 282 Å². The zero-order valence-electron chi connectivity index (χ0n) is 28.9. The number of carbonyl (C=O) groups is 1. The number of hydrogen-bond donors (Lipinski definition) is 1. The predicted molar refractivity (Wildman–Crippen MR) is 182 cm³/mol. The first-order valence-electron chi connectivity index (χ1n) is 18.1. The molecule has 1 N–H and O–H groups in total. The summed E-state index contributed by atoms with van der Waals surface area (Å²) in [6.45, 7) is 5.38. The Balaban J connectivity index is 1.84. The van der Waals surface area contributed by atoms with Gasteiger partial charge in [0.1, 0.15) is 5.75 Å². The fourth-order valence-electron chi connectivity index (χ4n) is 6.97. The highest BCUT2D eigenvalue weighted by atomic mass is 16.8. The molecule has 3 fully saturated rings. The Bertz CT molecular complexity index is 1110. The van der Waals surface area contributed by atoms with Crippen LogP contribution >= 0.6 is 0 Å². The van der Waals surface area contributed by atoms with Gasteiger partial charge in [-0.3, -0.25) is 0 Å². The Hall–Kier alpha value is -2.45. The van der Waals surface area contributed by atoms with Crippen molar-refractivity contribution in [3.63, 3.8) is 0 Å². The van der Waals surface area contributed by atoms with Crippen molar-refractivity contribution in [3.05, 3.63) is 60.4 Å². The second kappa shape index (κ2) is 19.5. The van der Waals surface area contributed by atoms with Gasteiger partial charge in [0.25, 0.3) is 11.4 Å². The quantitative estimate of drug-likeness (QED) is 0.0557. The van der Waals surface area contributed by atoms with Crippen LogP contribution in [0.15, 0.2) is 60.4 Å². The van der Waals surface area contributed by atoms with E-state index < -0.39 is 29.9 Å². The van der Waals surface area contributed by atoms with Gasteiger partial charge >= 0.3 is 5.97 Å². The summed E-state index contributed by atoms with van der Waals surface area (Å²) in [6, 6.07) is 9.31. The third kappa shape index (κ3) is 10.3. The highest BCUT2D eigenvalue weighted by molar-refractivity contribution is 5.82. The average Bonchev–Trinajstić information content (AvgIpc) is 3.46. The molecule has 0 amide bonds. The number of aliphatic hydroxyl groups excluding tert-OH is 1. The van der Waals surface area contributed by atoms with E-state index in [0.717, 1.165) is 64.2 Å². The largest absolute Gasteiger partial charge is 0.469 e. The van der Waals surface area contributed by atoms with Crippen molar-refractivity contribution in [1.29, 1.82) is 0 Å². The van der Waals surface area contributed by atoms with Crippen LogP contribution in [0.5, 0.6) is 5.75 Å². The molecule has 0 radical (unpaired) electrons. The molecular weight excluding hydrogens is 596 g/mol. The van der Waals surface area contributed by atoms with Gasteiger partial charge in [-0.1, -0.05) is 63.5 Å². The maximum Gasteiger partial charge on any atom is 0.356 e. The fraction of sp³-hybridized carbons (Fsp3) is 0.692. The molecule has 3 unspecified atom stereocenters. The van der Waals surface area contributed by atoms with Crippen molar-refractivity contribution in [2.24, 2.45) is 11.8 Å². The molecule has 1 aromatic carbocycles. The summed E-state index contributed by atoms with van der Waals surface area (Å²) in [5.74, 6) is -1.52. The topological polar surface area (TPSA) is 92.7 Å². The van der Waals surface area contributed by atoms with Gasteiger partial charge < -0.3 is 33.5 Å². The molecule has 4 rings (SSSR count). The van der Waals surface area contributed by atoms with Crippen LogP contribution in [0, 0.1) is 11.8 Å². The number of carbonyl (C=O) groups excluding carboxylic acids is 1. The molecule has 1 aromatic rings. The van der Waals surface area contributed by atoms with Crippen molar-refractivity contribution in [2.75, 3.05) is 20.3 Å². The van der Waals surface area contributed by atoms with Crippen molar-refractivity contribution < 1.29 is 38.3 Å². The van der Waals surface area contributed by atoms with Gasteiger partial charge in [-0.2, -0.15) is 0 Å². The first-order valence-corrected chi connectivity index (χ1v) is 18.1. The summed E-state index contributed by atoms with van der Waals surface area (Å²) in [7, 11) is 1.38. The molecule has 2 saturated heterocycles. The minimum Gasteiger partial charge on any atom is -0.469 e. The molecule has 1 aliphatic carbocycles. The molecule has 6 atom stereocenters. The molecule has 0 spiro atoms. The number of allylic oxidation sites excluding steroid dienone is 2. The number of ether oxygens (including phenoxy) is 6. The van der Waals surface area contributed by atoms with Gasteiger partial charge in [0.05, 0.1) is 13.2 Å². The molecule has 2 heterocycles. The van der Waals surface area contributed by atoms with Crippen molar-refractivity contribution in [2.45, 2.75) is 140 Å². The van der Waals surface area contributed by atoms with E-state index in [2.05, 4.69) is 31.7 Å². The van der Waals surface area contributed by atoms with Gasteiger partial charge in [0.2, 0.25) is 0 Å². The predicted octanol–water partition coefficient (Wildman–Crippen LogP) is 8.19. The van der Waals surface area contributed by atoms with Gasteiger partial charge in [-0.05, 0) is 101 Å². The lowest BCUT2D eigenvalue weighted by molar-refractivity contribution is -0.378. The number of esters is 1. The Morgan fingerprint density at radius 2 is 1.66 bits per heavy atom. The zero-order valence-corrected chi connectivity index (χ0v) is 28.9. The van der Waals surface area contributed by atoms with E-state index in [4.69, 9.17) is 28.4 Å². The van der Waals surface area contributed by atoms with Gasteiger partial charge in [0, 0.05) is 25.7 Å². The van der Waals surface area contributed by atoms with E-state index in [0.29, 0.717) is 50.6 Å². The van der Waals surface area contributed by atoms with E-state index >= 15 is 0 Å². The van der Waals surface area contributed by atoms with Crippen LogP contribution < -0.4 is 4.74 Å². The maximum absolute atomic E-state index is 14.4. The third-order valence-electron chi connectivity index (χ3n) is 9.62. The second-order valence-corrected chi connectivity index (χ2v) is 13.1. The lowest BCUT2D eigenvalue weighted by Gasteiger charge is -2.48. The van der Waals surface area contributed by atoms with Crippen LogP contribution in [0.2, 0.25) is 0 Å². The number of methoxy groups -OCH3 is 1. The normalized spacial score (nSPS) is 27.4. The number of aliphatic hydroxyl groups is 1. The van der Waals surface area contributed by atoms with Crippen LogP contribution in [0.1, 0.15) is 110 Å². The summed E-state index contributed by atoms with van der Waals surface area (Å²) in [5.41, 5.74) is 1.62. The third-order valence-corrected chi connectivity index (χ3v) is 9.62. The molecule has 0 bridgehead atoms. The first-order chi connectivity index (χ1) is 23.0. The van der Waals surface area contributed by atoms with E-state index in [1.54, 1.807) is 6.08 Å². The van der Waals surface area contributed by atoms with Gasteiger partial charge in [-0.25, -0.2) is 4.79 Å². The number of unbranched alkanes of at least 4 members (excludes halogenated alkanes) is 3. The zero-order chi connectivity index (χ0) is 33.4. The standard InChI is InChI=1S/C39H58O8/c1-4-6-8-15-27-38(37(41)42-3,45-32-20-10-9-11-21-32)39(46-35-23-13-17-29-43-35,47-36-24-14-18-30-44-36)28-16-12-22-33-31(19-7-5-2)25-26-34(33)40/h7,9-12,19-21,28,31,33-36,40H,4-6,8,13-15,17-18,22-27,29-30H2,1-3H3/b19-7+/t16?,31-,33+,34-,35?,36?,38?,39?/m0/s1/i46+0,47+0. The Morgan fingerprint density at radius 1 is 0.957 bits per heavy atom. The molecule has 1 saturated carbocycles. The lowest BCUT2D eigenvalue weighted by Crippen LogP contribution is -2.67. The fourth-order valence-corrected chi connectivity index (χ4v) is 6.97. The van der Waals surface area contributed by atoms with Gasteiger partial charge in [0.15, 0.2) is 12.6 Å². The molecule has 2 aliphatic heterocycles. The molecule has 3 aliphatic rings. The molecule has 262 valence electrons. The summed E-state index contributed by atoms with van der Waals surface area (Å²) >= 11 is 0. The van der Waals surface area contributed by atoms with Crippen LogP contribution in [0.25, 0.3) is 0 Å². The summed E-state index contributed by atoms with van der Waals surface area (Å²) in [4.78, 5) is 14.4. The van der Waals surface area contributed by atoms with E-state index in [1.807, 2.05) is 36.4 Å². The monoisotopic (exact) mass is 654 g/mol. The highest BCUT2D eigenvalue weighted by Crippen LogP contribution is 2.43. The van der Waals surface area contributed by atoms with Crippen LogP contribution in [-0.4, -0.2) is 61.5 Å².